The van der Waals surface area contributed by atoms with Crippen LogP contribution in [0.3, 0.4) is 0 Å². The molecular weight excluding hydrogens is 320 g/mol. The van der Waals surface area contributed by atoms with Crippen LogP contribution in [0.5, 0.6) is 11.5 Å². The largest absolute Gasteiger partial charge is 0.497 e. The van der Waals surface area contributed by atoms with E-state index in [1.165, 1.54) is 0 Å². The summed E-state index contributed by atoms with van der Waals surface area (Å²) in [6.45, 7) is 3.61. The number of benzene rings is 1. The van der Waals surface area contributed by atoms with Gasteiger partial charge in [0.15, 0.2) is 0 Å². The summed E-state index contributed by atoms with van der Waals surface area (Å²) in [6.07, 6.45) is 4.72. The number of ether oxygens (including phenoxy) is 2. The van der Waals surface area contributed by atoms with Crippen molar-refractivity contribution in [1.82, 2.24) is 4.90 Å². The van der Waals surface area contributed by atoms with Gasteiger partial charge in [-0.15, -0.1) is 0 Å². The van der Waals surface area contributed by atoms with Crippen molar-refractivity contribution in [3.8, 4) is 11.5 Å². The minimum Gasteiger partial charge on any atom is -0.497 e. The second kappa shape index (κ2) is 7.52. The minimum atomic E-state index is -0.582. The van der Waals surface area contributed by atoms with E-state index in [4.69, 9.17) is 9.47 Å². The van der Waals surface area contributed by atoms with Gasteiger partial charge in [0.1, 0.15) is 11.5 Å². The second-order valence-electron chi connectivity index (χ2n) is 6.97. The van der Waals surface area contributed by atoms with Gasteiger partial charge in [-0.3, -0.25) is 0 Å². The summed E-state index contributed by atoms with van der Waals surface area (Å²) in [7, 11) is 1.59. The van der Waals surface area contributed by atoms with Gasteiger partial charge in [0.05, 0.1) is 25.0 Å². The number of nitrogens with one attached hydrogen (secondary N) is 1. The topological polar surface area (TPSA) is 71.0 Å². The van der Waals surface area contributed by atoms with E-state index in [1.807, 2.05) is 13.0 Å². The number of carbonyl (C=O) groups excluding carboxylic acids is 1. The number of fused-ring (bicyclic) bond motifs is 1. The molecule has 1 saturated carbocycles. The van der Waals surface area contributed by atoms with Gasteiger partial charge in [0.2, 0.25) is 0 Å². The highest BCUT2D eigenvalue weighted by Crippen LogP contribution is 2.40. The first kappa shape index (κ1) is 17.9. The van der Waals surface area contributed by atoms with E-state index in [0.29, 0.717) is 43.3 Å². The molecule has 1 aliphatic carbocycles. The van der Waals surface area contributed by atoms with Gasteiger partial charge in [0.25, 0.3) is 0 Å². The van der Waals surface area contributed by atoms with Crippen molar-refractivity contribution in [2.75, 3.05) is 32.1 Å². The van der Waals surface area contributed by atoms with Crippen LogP contribution in [0, 0.1) is 5.92 Å². The van der Waals surface area contributed by atoms with Crippen molar-refractivity contribution in [3.05, 3.63) is 18.2 Å². The Morgan fingerprint density at radius 1 is 1.40 bits per heavy atom. The highest BCUT2D eigenvalue weighted by atomic mass is 16.5. The molecule has 2 fully saturated rings. The highest BCUT2D eigenvalue weighted by molar-refractivity contribution is 5.91. The smallest absolute Gasteiger partial charge is 0.321 e. The van der Waals surface area contributed by atoms with E-state index in [2.05, 4.69) is 5.32 Å². The van der Waals surface area contributed by atoms with Crippen molar-refractivity contribution in [2.45, 2.75) is 44.6 Å². The molecule has 25 heavy (non-hydrogen) atoms. The lowest BCUT2D eigenvalue weighted by molar-refractivity contribution is -0.0863. The van der Waals surface area contributed by atoms with Gasteiger partial charge in [-0.2, -0.15) is 0 Å². The van der Waals surface area contributed by atoms with Crippen LogP contribution >= 0.6 is 0 Å². The Bertz CT molecular complexity index is 621. The number of methoxy groups -OCH3 is 1. The normalized spacial score (nSPS) is 25.9. The molecular formula is C19H28N2O4. The molecule has 0 bridgehead atoms. The number of amides is 2. The number of likely N-dealkylation sites (tertiary alicyclic amines) is 1. The van der Waals surface area contributed by atoms with Crippen LogP contribution in [0.15, 0.2) is 18.2 Å². The fraction of sp³-hybridized carbons (Fsp3) is 0.632. The fourth-order valence-electron chi connectivity index (χ4n) is 3.96. The van der Waals surface area contributed by atoms with E-state index in [0.717, 1.165) is 25.7 Å². The Morgan fingerprint density at radius 3 is 3.00 bits per heavy atom. The number of anilines is 1. The number of hydrogen-bond donors (Lipinski definition) is 2. The lowest BCUT2D eigenvalue weighted by Crippen LogP contribution is -2.55. The Kier molecular flexibility index (Phi) is 5.37. The predicted molar refractivity (Wildman–Crippen MR) is 96.3 cm³/mol. The maximum absolute atomic E-state index is 12.7. The molecule has 2 atom stereocenters. The van der Waals surface area contributed by atoms with Crippen molar-refractivity contribution in [2.24, 2.45) is 5.92 Å². The van der Waals surface area contributed by atoms with E-state index in [9.17, 15) is 9.90 Å². The summed E-state index contributed by atoms with van der Waals surface area (Å²) in [4.78, 5) is 14.5. The molecule has 1 saturated heterocycles. The van der Waals surface area contributed by atoms with Crippen LogP contribution in [0.4, 0.5) is 10.5 Å². The molecule has 1 aromatic rings. The Hall–Kier alpha value is -1.95. The molecule has 6 heteroatoms. The zero-order valence-electron chi connectivity index (χ0n) is 15.1. The average molecular weight is 348 g/mol. The third kappa shape index (κ3) is 3.84. The van der Waals surface area contributed by atoms with Gasteiger partial charge in [0, 0.05) is 25.1 Å². The number of carbonyl (C=O) groups is 1. The number of urea groups is 1. The molecule has 0 radical (unpaired) electrons. The van der Waals surface area contributed by atoms with E-state index in [-0.39, 0.29) is 11.9 Å². The number of nitrogens with zero attached hydrogens (tertiary/aromatic N) is 1. The standard InChI is InChI=1S/C19H28N2O4/c1-3-25-17-8-7-15(24-2)12-16(17)20-18(22)21-11-10-19(23)9-5-4-6-14(19)13-21/h7-8,12,14,23H,3-6,9-11,13H2,1-2H3,(H,20,22). The van der Waals surface area contributed by atoms with Crippen LogP contribution in [-0.2, 0) is 0 Å². The van der Waals surface area contributed by atoms with Crippen LogP contribution < -0.4 is 14.8 Å². The van der Waals surface area contributed by atoms with E-state index >= 15 is 0 Å². The SMILES string of the molecule is CCOc1ccc(OC)cc1NC(=O)N1CCC2(O)CCCCC2C1. The first-order valence-corrected chi connectivity index (χ1v) is 9.15. The monoisotopic (exact) mass is 348 g/mol. The summed E-state index contributed by atoms with van der Waals surface area (Å²) in [5.74, 6) is 1.47. The summed E-state index contributed by atoms with van der Waals surface area (Å²) in [5, 5.41) is 13.7. The quantitative estimate of drug-likeness (QED) is 0.876. The third-order valence-electron chi connectivity index (χ3n) is 5.44. The van der Waals surface area contributed by atoms with Gasteiger partial charge in [-0.05, 0) is 38.3 Å². The van der Waals surface area contributed by atoms with Gasteiger partial charge < -0.3 is 24.8 Å². The molecule has 2 N–H and O–H groups in total. The van der Waals surface area contributed by atoms with Crippen molar-refractivity contribution >= 4 is 11.7 Å². The van der Waals surface area contributed by atoms with Crippen LogP contribution in [0.1, 0.15) is 39.0 Å². The summed E-state index contributed by atoms with van der Waals surface area (Å²) < 4.78 is 10.8. The number of rotatable bonds is 4. The average Bonchev–Trinajstić information content (AvgIpc) is 2.62. The fourth-order valence-corrected chi connectivity index (χ4v) is 3.96. The molecule has 2 unspecified atom stereocenters. The van der Waals surface area contributed by atoms with Gasteiger partial charge >= 0.3 is 6.03 Å². The Balaban J connectivity index is 1.70. The summed E-state index contributed by atoms with van der Waals surface area (Å²) in [6, 6.07) is 5.23. The van der Waals surface area contributed by atoms with Crippen molar-refractivity contribution < 1.29 is 19.4 Å². The molecule has 138 valence electrons. The zero-order valence-corrected chi connectivity index (χ0v) is 15.1. The molecule has 2 amide bonds. The third-order valence-corrected chi connectivity index (χ3v) is 5.44. The second-order valence-corrected chi connectivity index (χ2v) is 6.97. The summed E-state index contributed by atoms with van der Waals surface area (Å²) in [5.41, 5.74) is 0.0252. The Labute approximate surface area is 149 Å². The lowest BCUT2D eigenvalue weighted by atomic mass is 9.71. The zero-order chi connectivity index (χ0) is 17.9. The van der Waals surface area contributed by atoms with Crippen LogP contribution in [0.2, 0.25) is 0 Å². The first-order chi connectivity index (χ1) is 12.1. The Morgan fingerprint density at radius 2 is 2.24 bits per heavy atom. The molecule has 1 heterocycles. The molecule has 6 nitrogen and oxygen atoms in total. The van der Waals surface area contributed by atoms with Gasteiger partial charge in [-0.1, -0.05) is 12.8 Å². The van der Waals surface area contributed by atoms with Crippen LogP contribution in [-0.4, -0.2) is 48.4 Å². The summed E-state index contributed by atoms with van der Waals surface area (Å²) >= 11 is 0. The van der Waals surface area contributed by atoms with Gasteiger partial charge in [-0.25, -0.2) is 4.79 Å². The molecule has 0 aromatic heterocycles. The maximum atomic E-state index is 12.7. The number of piperidine rings is 1. The minimum absolute atomic E-state index is 0.151. The van der Waals surface area contributed by atoms with Crippen molar-refractivity contribution in [3.63, 3.8) is 0 Å². The molecule has 2 aliphatic rings. The van der Waals surface area contributed by atoms with Crippen molar-refractivity contribution in [1.29, 1.82) is 0 Å². The number of hydrogen-bond acceptors (Lipinski definition) is 4. The lowest BCUT2D eigenvalue weighted by Gasteiger charge is -2.47. The number of aliphatic hydroxyl groups is 1. The molecule has 3 rings (SSSR count). The molecule has 1 aliphatic heterocycles. The van der Waals surface area contributed by atoms with Crippen LogP contribution in [0.25, 0.3) is 0 Å². The van der Waals surface area contributed by atoms with E-state index < -0.39 is 5.60 Å². The first-order valence-electron chi connectivity index (χ1n) is 9.15. The maximum Gasteiger partial charge on any atom is 0.321 e. The molecule has 0 spiro atoms. The molecule has 1 aromatic carbocycles. The highest BCUT2D eigenvalue weighted by Gasteiger charge is 2.43. The predicted octanol–water partition coefficient (Wildman–Crippen LogP) is 3.25. The van der Waals surface area contributed by atoms with E-state index in [1.54, 1.807) is 24.1 Å².